The van der Waals surface area contributed by atoms with Crippen molar-refractivity contribution >= 4 is 102 Å². The van der Waals surface area contributed by atoms with Crippen LogP contribution in [-0.4, -0.2) is 156 Å². The Bertz CT molecular complexity index is 2500. The first kappa shape index (κ1) is 66.8. The van der Waals surface area contributed by atoms with Crippen LogP contribution in [0.5, 0.6) is 0 Å². The number of aliphatic hydroxyl groups is 2. The van der Waals surface area contributed by atoms with Gasteiger partial charge >= 0.3 is 118 Å². The number of hydrogen-bond acceptors (Lipinski definition) is 29. The molecule has 0 amide bonds. The molecule has 36 heteroatoms. The molecule has 0 aliphatic heterocycles. The first-order valence-electron chi connectivity index (χ1n) is 18.3. The van der Waals surface area contributed by atoms with Gasteiger partial charge in [0.1, 0.15) is 20.2 Å². The van der Waals surface area contributed by atoms with Gasteiger partial charge in [-0.3, -0.25) is 5.04 Å². The minimum Gasteiger partial charge on any atom is -0.748 e. The Morgan fingerprint density at radius 2 is 0.941 bits per heavy atom. The van der Waals surface area contributed by atoms with Gasteiger partial charge in [0.05, 0.1) is 65.3 Å². The summed E-state index contributed by atoms with van der Waals surface area (Å²) in [6.45, 7) is 0.251. The van der Waals surface area contributed by atoms with Crippen LogP contribution in [0.3, 0.4) is 0 Å². The maximum absolute atomic E-state index is 12.5. The van der Waals surface area contributed by atoms with E-state index in [0.717, 1.165) is 24.3 Å². The molecule has 2 aromatic carbocycles. The van der Waals surface area contributed by atoms with Crippen molar-refractivity contribution in [1.29, 1.82) is 0 Å². The summed E-state index contributed by atoms with van der Waals surface area (Å²) in [6.07, 6.45) is 2.20. The average molecular weight is 1070 g/mol. The molecular weight excluding hydrogens is 1030 g/mol. The molecule has 4 aromatic rings. The monoisotopic (exact) mass is 1070 g/mol. The van der Waals surface area contributed by atoms with Gasteiger partial charge in [-0.05, 0) is 35.4 Å². The zero-order chi connectivity index (χ0) is 46.6. The van der Waals surface area contributed by atoms with Gasteiger partial charge < -0.3 is 70.5 Å². The van der Waals surface area contributed by atoms with Gasteiger partial charge in [0.2, 0.25) is 35.7 Å². The molecule has 0 fully saturated rings. The first-order chi connectivity index (χ1) is 30.5. The van der Waals surface area contributed by atoms with Crippen LogP contribution in [0.15, 0.2) is 46.2 Å². The van der Waals surface area contributed by atoms with Crippen LogP contribution >= 0.6 is 12.0 Å². The predicted octanol–water partition coefficient (Wildman–Crippen LogP) is -13.4. The summed E-state index contributed by atoms with van der Waals surface area (Å²) in [5.74, 6) is -1.11. The summed E-state index contributed by atoms with van der Waals surface area (Å²) < 4.78 is 123. The smallest absolute Gasteiger partial charge is 0.748 e. The summed E-state index contributed by atoms with van der Waals surface area (Å²) in [7, 11) is -15.0. The van der Waals surface area contributed by atoms with E-state index in [2.05, 4.69) is 71.2 Å². The molecule has 0 spiro atoms. The van der Waals surface area contributed by atoms with Crippen LogP contribution in [0.2, 0.25) is 0 Å². The molecule has 0 atom stereocenters. The van der Waals surface area contributed by atoms with Crippen LogP contribution in [-0.2, 0) is 49.2 Å². The van der Waals surface area contributed by atoms with E-state index in [1.807, 2.05) is 0 Å². The number of nitrogens with zero attached hydrogens (tertiary/aromatic N) is 6. The van der Waals surface area contributed by atoms with E-state index in [1.54, 1.807) is 0 Å². The van der Waals surface area contributed by atoms with E-state index in [0.29, 0.717) is 12.0 Å². The van der Waals surface area contributed by atoms with Crippen LogP contribution in [0.25, 0.3) is 12.2 Å². The minimum absolute atomic E-state index is 0. The number of benzene rings is 2. The van der Waals surface area contributed by atoms with Crippen LogP contribution < -0.4 is 155 Å². The van der Waals surface area contributed by atoms with Gasteiger partial charge in [-0.2, -0.15) is 34.2 Å². The summed E-state index contributed by atoms with van der Waals surface area (Å²) in [6, 6.07) is 7.02. The summed E-state index contributed by atoms with van der Waals surface area (Å²) >= 11 is 0.707. The van der Waals surface area contributed by atoms with E-state index in [9.17, 15) is 44.2 Å². The second kappa shape index (κ2) is 34.3. The third kappa shape index (κ3) is 25.5. The fraction of sp³-hybridized carbons (Fsp3) is 0.375. The standard InChI is InChI=1S/C32H44N12O16S4.4Na/c45-11-15-57-13-7-33-27-39-29(35-9-17-61-60-59-47)43-31(41-27)37-23-5-3-21(25(19-23)63(51,52)53)1-2-22-4-6-24(20-26(22)64(54,55)56)38-32-42-28(34-8-14-58-16-12-46)40-30(44-32)36-10-18-62(48,49)50;;;;/h1-6,19-20,45-47H,7-18H2,(H,48,49,50)(H,51,52,53)(H,54,55,56)(H3,33,35,37,39,41,43)(H3,34,36,38,40,42,44);;;;/q;4*+1/p-4. The largest absolute Gasteiger partial charge is 1.00 e. The molecule has 28 nitrogen and oxygen atoms in total. The molecule has 0 unspecified atom stereocenters. The number of aliphatic hydroxyl groups excluding tert-OH is 2. The Morgan fingerprint density at radius 3 is 1.31 bits per heavy atom. The molecule has 8 N–H and O–H groups in total. The summed E-state index contributed by atoms with van der Waals surface area (Å²) in [5.41, 5.74) is -0.417. The molecule has 2 heterocycles. The molecule has 0 bridgehead atoms. The van der Waals surface area contributed by atoms with E-state index in [1.165, 1.54) is 24.3 Å². The molecule has 0 saturated carbocycles. The Kier molecular flexibility index (Phi) is 33.7. The second-order valence-electron chi connectivity index (χ2n) is 12.2. The molecule has 0 aliphatic rings. The van der Waals surface area contributed by atoms with Crippen molar-refractivity contribution in [2.45, 2.75) is 9.79 Å². The summed E-state index contributed by atoms with van der Waals surface area (Å²) in [4.78, 5) is 23.5. The average Bonchev–Trinajstić information content (AvgIpc) is 3.22. The Morgan fingerprint density at radius 1 is 0.559 bits per heavy atom. The zero-order valence-corrected chi connectivity index (χ0v) is 48.3. The topological polar surface area (TPSA) is 422 Å². The van der Waals surface area contributed by atoms with Crippen LogP contribution in [0.4, 0.5) is 47.1 Å². The fourth-order valence-electron chi connectivity index (χ4n) is 4.90. The first-order valence-corrected chi connectivity index (χ1v) is 23.6. The molecular formula is C32H40N12Na4O16S4. The van der Waals surface area contributed by atoms with E-state index < -0.39 is 45.9 Å². The quantitative estimate of drug-likeness (QED) is 0.00457. The molecule has 4 rings (SSSR count). The number of rotatable bonds is 30. The molecule has 0 saturated heterocycles. The molecule has 2 aromatic heterocycles. The Hall–Kier alpha value is -1.20. The number of nitrogens with one attached hydrogen (secondary N) is 6. The zero-order valence-electron chi connectivity index (χ0n) is 37.0. The maximum Gasteiger partial charge on any atom is 1.00 e. The maximum atomic E-state index is 12.5. The number of aromatic nitrogens is 6. The van der Waals surface area contributed by atoms with Crippen molar-refractivity contribution in [3.63, 3.8) is 0 Å². The van der Waals surface area contributed by atoms with Gasteiger partial charge in [0, 0.05) is 55.3 Å². The summed E-state index contributed by atoms with van der Waals surface area (Å²) in [5, 5.41) is 47.8. The van der Waals surface area contributed by atoms with E-state index in [4.69, 9.17) is 19.7 Å². The Labute approximate surface area is 483 Å². The van der Waals surface area contributed by atoms with Crippen molar-refractivity contribution in [3.05, 3.63) is 47.5 Å². The third-order valence-electron chi connectivity index (χ3n) is 7.50. The van der Waals surface area contributed by atoms with Crippen molar-refractivity contribution in [2.75, 3.05) is 109 Å². The van der Waals surface area contributed by atoms with Crippen LogP contribution in [0.1, 0.15) is 11.1 Å². The van der Waals surface area contributed by atoms with Gasteiger partial charge in [-0.25, -0.2) is 25.3 Å². The fourth-order valence-corrected chi connectivity index (χ4v) is 6.94. The predicted molar refractivity (Wildman–Crippen MR) is 223 cm³/mol. The van der Waals surface area contributed by atoms with Crippen LogP contribution in [0, 0.1) is 0 Å². The van der Waals surface area contributed by atoms with E-state index >= 15 is 0 Å². The van der Waals surface area contributed by atoms with Gasteiger partial charge in [0.15, 0.2) is 0 Å². The van der Waals surface area contributed by atoms with Gasteiger partial charge in [-0.15, -0.1) is 0 Å². The van der Waals surface area contributed by atoms with E-state index in [-0.39, 0.29) is 248 Å². The molecule has 352 valence electrons. The Balaban J connectivity index is 0.0000112. The van der Waals surface area contributed by atoms with Crippen molar-refractivity contribution in [2.24, 2.45) is 0 Å². The van der Waals surface area contributed by atoms with Crippen molar-refractivity contribution < 1.29 is 191 Å². The number of ether oxygens (including phenoxy) is 2. The van der Waals surface area contributed by atoms with Gasteiger partial charge in [-0.1, -0.05) is 24.3 Å². The second-order valence-corrected chi connectivity index (χ2v) is 17.2. The van der Waals surface area contributed by atoms with Crippen molar-refractivity contribution in [3.8, 4) is 0 Å². The third-order valence-corrected chi connectivity index (χ3v) is 10.5. The number of hydrogen-bond donors (Lipinski definition) is 8. The normalized spacial score (nSPS) is 11.3. The molecule has 0 aliphatic carbocycles. The number of anilines is 8. The molecule has 0 radical (unpaired) electrons. The van der Waals surface area contributed by atoms with Crippen molar-refractivity contribution in [1.82, 2.24) is 29.9 Å². The van der Waals surface area contributed by atoms with Gasteiger partial charge in [0.25, 0.3) is 0 Å². The molecule has 68 heavy (non-hydrogen) atoms. The SMILES string of the molecule is O=S(=O)([O-])CCNc1nc(NCCOCCO)nc(Nc2ccc(C=Cc3ccc(Nc4nc(NCCOCCO)nc(NCCSOO[O-])n4)cc3S(=O)(=O)[O-])c(S(=O)(=O)[O-])c2)n1.[Na+].[Na+].[Na+].[Na+]. The minimum atomic E-state index is -5.22.